The van der Waals surface area contributed by atoms with Gasteiger partial charge in [-0.25, -0.2) is 4.98 Å². The van der Waals surface area contributed by atoms with Crippen molar-refractivity contribution in [3.8, 4) is 11.4 Å². The fourth-order valence-corrected chi connectivity index (χ4v) is 1.79. The maximum atomic E-state index is 10.7. The third kappa shape index (κ3) is 2.51. The van der Waals surface area contributed by atoms with Gasteiger partial charge in [-0.1, -0.05) is 6.07 Å². The molecule has 0 unspecified atom stereocenters. The van der Waals surface area contributed by atoms with Crippen LogP contribution in [0.3, 0.4) is 0 Å². The SMILES string of the molecule is COc1cccc(-n2cc(CC(=O)O)nc2C)c1. The van der Waals surface area contributed by atoms with E-state index in [2.05, 4.69) is 4.98 Å². The van der Waals surface area contributed by atoms with Gasteiger partial charge < -0.3 is 14.4 Å². The molecule has 1 N–H and O–H groups in total. The van der Waals surface area contributed by atoms with E-state index in [9.17, 15) is 4.79 Å². The van der Waals surface area contributed by atoms with Gasteiger partial charge in [-0.2, -0.15) is 0 Å². The normalized spacial score (nSPS) is 10.3. The third-order valence-corrected chi connectivity index (χ3v) is 2.60. The Morgan fingerprint density at radius 2 is 2.28 bits per heavy atom. The summed E-state index contributed by atoms with van der Waals surface area (Å²) >= 11 is 0. The van der Waals surface area contributed by atoms with Crippen LogP contribution in [0.25, 0.3) is 5.69 Å². The molecule has 0 bridgehead atoms. The summed E-state index contributed by atoms with van der Waals surface area (Å²) < 4.78 is 7.01. The molecule has 0 aliphatic heterocycles. The summed E-state index contributed by atoms with van der Waals surface area (Å²) in [6.45, 7) is 1.84. The molecule has 2 aromatic rings. The molecular formula is C13H14N2O3. The summed E-state index contributed by atoms with van der Waals surface area (Å²) in [4.78, 5) is 14.9. The van der Waals surface area contributed by atoms with Gasteiger partial charge in [-0.05, 0) is 19.1 Å². The number of carboxylic acids is 1. The highest BCUT2D eigenvalue weighted by Gasteiger charge is 2.09. The number of carboxylic acid groups (broad SMARTS) is 1. The van der Waals surface area contributed by atoms with Crippen LogP contribution in [0.2, 0.25) is 0 Å². The molecule has 0 saturated carbocycles. The molecular weight excluding hydrogens is 232 g/mol. The maximum absolute atomic E-state index is 10.7. The van der Waals surface area contributed by atoms with Crippen molar-refractivity contribution in [3.63, 3.8) is 0 Å². The summed E-state index contributed by atoms with van der Waals surface area (Å²) in [5.74, 6) is 0.616. The minimum Gasteiger partial charge on any atom is -0.497 e. The molecule has 1 aromatic carbocycles. The van der Waals surface area contributed by atoms with Gasteiger partial charge in [-0.3, -0.25) is 4.79 Å². The Hall–Kier alpha value is -2.30. The number of aliphatic carboxylic acids is 1. The third-order valence-electron chi connectivity index (χ3n) is 2.60. The first-order chi connectivity index (χ1) is 8.60. The Morgan fingerprint density at radius 3 is 2.94 bits per heavy atom. The van der Waals surface area contributed by atoms with Crippen molar-refractivity contribution in [2.24, 2.45) is 0 Å². The van der Waals surface area contributed by atoms with Crippen LogP contribution in [0.1, 0.15) is 11.5 Å². The van der Waals surface area contributed by atoms with Crippen LogP contribution < -0.4 is 4.74 Å². The van der Waals surface area contributed by atoms with Gasteiger partial charge in [-0.15, -0.1) is 0 Å². The van der Waals surface area contributed by atoms with Crippen molar-refractivity contribution < 1.29 is 14.6 Å². The standard InChI is InChI=1S/C13H14N2O3/c1-9-14-10(6-13(16)17)8-15(9)11-4-3-5-12(7-11)18-2/h3-5,7-8H,6H2,1-2H3,(H,16,17). The minimum atomic E-state index is -0.884. The molecule has 94 valence electrons. The first-order valence-corrected chi connectivity index (χ1v) is 5.51. The summed E-state index contributed by atoms with van der Waals surface area (Å²) in [5.41, 5.74) is 1.44. The van der Waals surface area contributed by atoms with Crippen molar-refractivity contribution in [1.29, 1.82) is 0 Å². The number of carbonyl (C=O) groups is 1. The molecule has 1 aromatic heterocycles. The lowest BCUT2D eigenvalue weighted by atomic mass is 10.3. The second kappa shape index (κ2) is 4.91. The Balaban J connectivity index is 2.37. The zero-order valence-electron chi connectivity index (χ0n) is 10.3. The zero-order valence-corrected chi connectivity index (χ0v) is 10.3. The lowest BCUT2D eigenvalue weighted by Gasteiger charge is -2.06. The Labute approximate surface area is 105 Å². The van der Waals surface area contributed by atoms with Gasteiger partial charge in [0.2, 0.25) is 0 Å². The minimum absolute atomic E-state index is 0.0716. The highest BCUT2D eigenvalue weighted by Crippen LogP contribution is 2.18. The van der Waals surface area contributed by atoms with Gasteiger partial charge in [0, 0.05) is 12.3 Å². The van der Waals surface area contributed by atoms with Crippen LogP contribution in [-0.4, -0.2) is 27.7 Å². The Kier molecular flexibility index (Phi) is 3.32. The van der Waals surface area contributed by atoms with Gasteiger partial charge >= 0.3 is 5.97 Å². The Morgan fingerprint density at radius 1 is 1.50 bits per heavy atom. The fraction of sp³-hybridized carbons (Fsp3) is 0.231. The molecule has 0 fully saturated rings. The molecule has 5 heteroatoms. The van der Waals surface area contributed by atoms with Gasteiger partial charge in [0.25, 0.3) is 0 Å². The number of aromatic nitrogens is 2. The van der Waals surface area contributed by atoms with Crippen molar-refractivity contribution in [2.75, 3.05) is 7.11 Å². The second-order valence-electron chi connectivity index (χ2n) is 3.92. The molecule has 1 heterocycles. The number of ether oxygens (including phenoxy) is 1. The van der Waals surface area contributed by atoms with Gasteiger partial charge in [0.1, 0.15) is 11.6 Å². The number of nitrogens with zero attached hydrogens (tertiary/aromatic N) is 2. The van der Waals surface area contributed by atoms with E-state index in [4.69, 9.17) is 9.84 Å². The van der Waals surface area contributed by atoms with Crippen molar-refractivity contribution in [2.45, 2.75) is 13.3 Å². The fourth-order valence-electron chi connectivity index (χ4n) is 1.79. The van der Waals surface area contributed by atoms with E-state index in [1.165, 1.54) is 0 Å². The maximum Gasteiger partial charge on any atom is 0.309 e. The van der Waals surface area contributed by atoms with E-state index in [-0.39, 0.29) is 6.42 Å². The average molecular weight is 246 g/mol. The summed E-state index contributed by atoms with van der Waals surface area (Å²) in [7, 11) is 1.61. The molecule has 0 radical (unpaired) electrons. The van der Waals surface area contributed by atoms with Crippen LogP contribution in [0.4, 0.5) is 0 Å². The first-order valence-electron chi connectivity index (χ1n) is 5.51. The quantitative estimate of drug-likeness (QED) is 0.893. The average Bonchev–Trinajstić information content (AvgIpc) is 2.69. The van der Waals surface area contributed by atoms with Crippen LogP contribution in [0.5, 0.6) is 5.75 Å². The molecule has 5 nitrogen and oxygen atoms in total. The van der Waals surface area contributed by atoms with E-state index >= 15 is 0 Å². The topological polar surface area (TPSA) is 64.3 Å². The van der Waals surface area contributed by atoms with Crippen LogP contribution >= 0.6 is 0 Å². The van der Waals surface area contributed by atoms with Gasteiger partial charge in [0.15, 0.2) is 0 Å². The largest absolute Gasteiger partial charge is 0.497 e. The number of rotatable bonds is 4. The van der Waals surface area contributed by atoms with Gasteiger partial charge in [0.05, 0.1) is 24.9 Å². The smallest absolute Gasteiger partial charge is 0.309 e. The number of imidazole rings is 1. The number of hydrogen-bond donors (Lipinski definition) is 1. The lowest BCUT2D eigenvalue weighted by Crippen LogP contribution is -1.99. The van der Waals surface area contributed by atoms with E-state index in [0.29, 0.717) is 5.69 Å². The van der Waals surface area contributed by atoms with Crippen molar-refractivity contribution in [3.05, 3.63) is 42.0 Å². The number of hydrogen-bond acceptors (Lipinski definition) is 3. The van der Waals surface area contributed by atoms with E-state index in [1.807, 2.05) is 35.8 Å². The van der Waals surface area contributed by atoms with E-state index in [1.54, 1.807) is 13.3 Å². The predicted molar refractivity (Wildman–Crippen MR) is 66.2 cm³/mol. The second-order valence-corrected chi connectivity index (χ2v) is 3.92. The molecule has 0 spiro atoms. The van der Waals surface area contributed by atoms with Crippen LogP contribution in [0.15, 0.2) is 30.5 Å². The number of benzene rings is 1. The molecule has 0 aliphatic rings. The number of aryl methyl sites for hydroxylation is 1. The molecule has 18 heavy (non-hydrogen) atoms. The molecule has 2 rings (SSSR count). The monoisotopic (exact) mass is 246 g/mol. The summed E-state index contributed by atoms with van der Waals surface area (Å²) in [6, 6.07) is 7.53. The molecule has 0 atom stereocenters. The van der Waals surface area contributed by atoms with Crippen LogP contribution in [0, 0.1) is 6.92 Å². The van der Waals surface area contributed by atoms with Crippen molar-refractivity contribution >= 4 is 5.97 Å². The number of methoxy groups -OCH3 is 1. The predicted octanol–water partition coefficient (Wildman–Crippen LogP) is 1.82. The summed E-state index contributed by atoms with van der Waals surface area (Å²) in [5, 5.41) is 8.75. The zero-order chi connectivity index (χ0) is 13.1. The summed E-state index contributed by atoms with van der Waals surface area (Å²) in [6.07, 6.45) is 1.66. The lowest BCUT2D eigenvalue weighted by molar-refractivity contribution is -0.136. The molecule has 0 saturated heterocycles. The van der Waals surface area contributed by atoms with E-state index < -0.39 is 5.97 Å². The molecule has 0 aliphatic carbocycles. The first kappa shape index (κ1) is 12.2. The van der Waals surface area contributed by atoms with Crippen molar-refractivity contribution in [1.82, 2.24) is 9.55 Å². The van der Waals surface area contributed by atoms with E-state index in [0.717, 1.165) is 17.3 Å². The Bertz CT molecular complexity index is 575. The van der Waals surface area contributed by atoms with Crippen LogP contribution in [-0.2, 0) is 11.2 Å². The highest BCUT2D eigenvalue weighted by molar-refractivity contribution is 5.69. The highest BCUT2D eigenvalue weighted by atomic mass is 16.5. The molecule has 0 amide bonds.